The van der Waals surface area contributed by atoms with E-state index in [9.17, 15) is 18.5 Å². The minimum atomic E-state index is -3.26. The summed E-state index contributed by atoms with van der Waals surface area (Å²) in [6.45, 7) is 2.44. The lowest BCUT2D eigenvalue weighted by Crippen LogP contribution is -2.42. The van der Waals surface area contributed by atoms with Crippen LogP contribution in [0.3, 0.4) is 0 Å². The van der Waals surface area contributed by atoms with Crippen molar-refractivity contribution >= 4 is 15.7 Å². The van der Waals surface area contributed by atoms with Gasteiger partial charge in [0.1, 0.15) is 6.10 Å². The van der Waals surface area contributed by atoms with Crippen LogP contribution in [0.4, 0.5) is 0 Å². The quantitative estimate of drug-likeness (QED) is 0.680. The maximum atomic E-state index is 13.1. The molecule has 2 saturated carbocycles. The van der Waals surface area contributed by atoms with Crippen LogP contribution < -0.4 is 10.6 Å². The van der Waals surface area contributed by atoms with Crippen molar-refractivity contribution in [2.24, 2.45) is 17.8 Å². The van der Waals surface area contributed by atoms with Gasteiger partial charge in [0.15, 0.2) is 9.84 Å². The molecule has 168 valence electrons. The Kier molecular flexibility index (Phi) is 7.01. The summed E-state index contributed by atoms with van der Waals surface area (Å²) in [4.78, 5) is 12.5. The number of sulfone groups is 1. The van der Waals surface area contributed by atoms with Crippen LogP contribution in [0.1, 0.15) is 64.2 Å². The van der Waals surface area contributed by atoms with Crippen LogP contribution in [0.5, 0.6) is 0 Å². The molecule has 2 aliphatic carbocycles. The lowest BCUT2D eigenvalue weighted by atomic mass is 9.88. The smallest absolute Gasteiger partial charge is 0.249 e. The number of piperidine rings is 1. The van der Waals surface area contributed by atoms with Gasteiger partial charge < -0.3 is 15.4 Å². The first-order valence-electron chi connectivity index (χ1n) is 11.7. The maximum absolute atomic E-state index is 13.1. The Morgan fingerprint density at radius 3 is 2.60 bits per heavy atom. The van der Waals surface area contributed by atoms with Crippen molar-refractivity contribution in [1.29, 1.82) is 5.26 Å². The summed E-state index contributed by atoms with van der Waals surface area (Å²) in [5.41, 5.74) is 0. The molecule has 5 atom stereocenters. The fourth-order valence-electron chi connectivity index (χ4n) is 5.93. The minimum absolute atomic E-state index is 0.0155. The van der Waals surface area contributed by atoms with E-state index in [1.54, 1.807) is 0 Å². The monoisotopic (exact) mass is 437 g/mol. The molecule has 4 aliphatic rings. The van der Waals surface area contributed by atoms with E-state index in [0.717, 1.165) is 51.6 Å². The molecule has 2 N–H and O–H groups in total. The van der Waals surface area contributed by atoms with Crippen molar-refractivity contribution in [1.82, 2.24) is 10.6 Å². The lowest BCUT2D eigenvalue weighted by Gasteiger charge is -2.34. The van der Waals surface area contributed by atoms with Crippen molar-refractivity contribution < 1.29 is 17.9 Å². The zero-order chi connectivity index (χ0) is 21.1. The molecule has 4 rings (SSSR count). The van der Waals surface area contributed by atoms with Gasteiger partial charge in [0.25, 0.3) is 0 Å². The number of nitriles is 1. The molecule has 0 bridgehead atoms. The Morgan fingerprint density at radius 2 is 1.87 bits per heavy atom. The Bertz CT molecular complexity index is 743. The third-order valence-electron chi connectivity index (χ3n) is 7.83. The van der Waals surface area contributed by atoms with Crippen molar-refractivity contribution in [3.05, 3.63) is 0 Å². The Hall–Kier alpha value is -1.17. The highest BCUT2D eigenvalue weighted by Gasteiger charge is 2.42. The van der Waals surface area contributed by atoms with Gasteiger partial charge in [-0.25, -0.2) is 8.42 Å². The van der Waals surface area contributed by atoms with Crippen molar-refractivity contribution in [3.8, 4) is 6.07 Å². The van der Waals surface area contributed by atoms with Gasteiger partial charge in [-0.05, 0) is 69.7 Å². The number of hydrogen-bond donors (Lipinski definition) is 2. The Morgan fingerprint density at radius 1 is 1.10 bits per heavy atom. The molecule has 5 unspecified atom stereocenters. The molecule has 0 spiro atoms. The summed E-state index contributed by atoms with van der Waals surface area (Å²) in [5.74, 6) is 0.452. The van der Waals surface area contributed by atoms with Crippen molar-refractivity contribution in [2.75, 3.05) is 19.6 Å². The van der Waals surface area contributed by atoms with E-state index in [1.807, 2.05) is 0 Å². The largest absolute Gasteiger partial charge is 0.364 e. The van der Waals surface area contributed by atoms with Crippen LogP contribution >= 0.6 is 0 Å². The average Bonchev–Trinajstić information content (AvgIpc) is 3.22. The number of hydrogen-bond acceptors (Lipinski definition) is 6. The number of nitrogens with one attached hydrogen (secondary N) is 2. The van der Waals surface area contributed by atoms with E-state index >= 15 is 0 Å². The first kappa shape index (κ1) is 22.0. The number of carbonyl (C=O) groups is 1. The summed E-state index contributed by atoms with van der Waals surface area (Å²) in [7, 11) is -3.26. The molecule has 2 aliphatic heterocycles. The molecule has 0 radical (unpaired) electrons. The second-order valence-corrected chi connectivity index (χ2v) is 12.1. The minimum Gasteiger partial charge on any atom is -0.364 e. The van der Waals surface area contributed by atoms with Gasteiger partial charge in [-0.15, -0.1) is 0 Å². The second kappa shape index (κ2) is 9.54. The molecule has 0 aromatic carbocycles. The fourth-order valence-corrected chi connectivity index (χ4v) is 8.51. The highest BCUT2D eigenvalue weighted by molar-refractivity contribution is 7.92. The molecule has 0 aromatic heterocycles. The Labute approximate surface area is 180 Å². The van der Waals surface area contributed by atoms with Gasteiger partial charge in [-0.3, -0.25) is 4.79 Å². The number of rotatable bonds is 5. The van der Waals surface area contributed by atoms with Gasteiger partial charge in [-0.2, -0.15) is 5.26 Å². The van der Waals surface area contributed by atoms with Gasteiger partial charge in [0, 0.05) is 13.1 Å². The second-order valence-electron chi connectivity index (χ2n) is 9.69. The van der Waals surface area contributed by atoms with Crippen LogP contribution in [0.25, 0.3) is 0 Å². The molecular formula is C22H35N3O4S. The van der Waals surface area contributed by atoms with Crippen LogP contribution in [0, 0.1) is 29.1 Å². The molecule has 4 fully saturated rings. The summed E-state index contributed by atoms with van der Waals surface area (Å²) in [6, 6.07) is 2.24. The molecule has 1 amide bonds. The molecule has 0 aromatic rings. The van der Waals surface area contributed by atoms with E-state index in [4.69, 9.17) is 4.74 Å². The predicted octanol–water partition coefficient (Wildman–Crippen LogP) is 1.93. The zero-order valence-corrected chi connectivity index (χ0v) is 18.5. The third-order valence-corrected chi connectivity index (χ3v) is 10.6. The number of amides is 1. The highest BCUT2D eigenvalue weighted by Crippen LogP contribution is 2.37. The SMILES string of the molecule is N#CC1CCCCC1S(=O)(=O)C1CCC(CNC(=O)C2CC3CCNCC3O2)CC1. The number of ether oxygens (including phenoxy) is 1. The van der Waals surface area contributed by atoms with Crippen molar-refractivity contribution in [2.45, 2.75) is 86.9 Å². The normalized spacial score (nSPS) is 39.6. The molecule has 2 saturated heterocycles. The van der Waals surface area contributed by atoms with E-state index in [-0.39, 0.29) is 29.3 Å². The summed E-state index contributed by atoms with van der Waals surface area (Å²) in [5, 5.41) is 15.0. The highest BCUT2D eigenvalue weighted by atomic mass is 32.2. The van der Waals surface area contributed by atoms with Gasteiger partial charge in [0.05, 0.1) is 28.6 Å². The number of carbonyl (C=O) groups excluding carboxylic acids is 1. The van der Waals surface area contributed by atoms with Gasteiger partial charge in [0.2, 0.25) is 5.91 Å². The number of fused-ring (bicyclic) bond motifs is 1. The topological polar surface area (TPSA) is 108 Å². The zero-order valence-electron chi connectivity index (χ0n) is 17.7. The summed E-state index contributed by atoms with van der Waals surface area (Å²) < 4.78 is 32.2. The van der Waals surface area contributed by atoms with Crippen LogP contribution in [-0.4, -0.2) is 56.7 Å². The molecule has 8 heteroatoms. The van der Waals surface area contributed by atoms with Crippen LogP contribution in [0.15, 0.2) is 0 Å². The van der Waals surface area contributed by atoms with Crippen LogP contribution in [-0.2, 0) is 19.4 Å². The molecular weight excluding hydrogens is 402 g/mol. The van der Waals surface area contributed by atoms with E-state index in [2.05, 4.69) is 16.7 Å². The van der Waals surface area contributed by atoms with E-state index in [1.165, 1.54) is 0 Å². The fraction of sp³-hybridized carbons (Fsp3) is 0.909. The number of nitrogens with zero attached hydrogens (tertiary/aromatic N) is 1. The van der Waals surface area contributed by atoms with Gasteiger partial charge >= 0.3 is 0 Å². The third kappa shape index (κ3) is 4.68. The first-order valence-corrected chi connectivity index (χ1v) is 13.4. The average molecular weight is 438 g/mol. The summed E-state index contributed by atoms with van der Waals surface area (Å²) >= 11 is 0. The van der Waals surface area contributed by atoms with Gasteiger partial charge in [-0.1, -0.05) is 12.8 Å². The molecule has 30 heavy (non-hydrogen) atoms. The summed E-state index contributed by atoms with van der Waals surface area (Å²) in [6.07, 6.45) is 7.83. The van der Waals surface area contributed by atoms with E-state index < -0.39 is 15.1 Å². The van der Waals surface area contributed by atoms with Crippen LogP contribution in [0.2, 0.25) is 0 Å². The van der Waals surface area contributed by atoms with E-state index in [0.29, 0.717) is 44.1 Å². The lowest BCUT2D eigenvalue weighted by molar-refractivity contribution is -0.132. The first-order chi connectivity index (χ1) is 14.5. The molecule has 7 nitrogen and oxygen atoms in total. The predicted molar refractivity (Wildman–Crippen MR) is 113 cm³/mol. The standard InChI is InChI=1S/C22H35N3O4S/c23-12-17-3-1-2-4-21(17)30(27,28)18-7-5-15(6-8-18)13-25-22(26)19-11-16-9-10-24-14-20(16)29-19/h15-21,24H,1-11,13-14H2,(H,25,26). The van der Waals surface area contributed by atoms with Crippen molar-refractivity contribution in [3.63, 3.8) is 0 Å². The Balaban J connectivity index is 1.23. The maximum Gasteiger partial charge on any atom is 0.249 e. The molecule has 2 heterocycles.